The third kappa shape index (κ3) is 6.36. The average molecular weight is 864 g/mol. The number of nitrogens with zero attached hydrogens (tertiary/aromatic N) is 5. The maximum Gasteiger partial charge on any atom is 0.164 e. The van der Waals surface area contributed by atoms with Crippen LogP contribution >= 0.6 is 0 Å². The molecule has 0 aliphatic heterocycles. The fraction of sp³-hybridized carbons (Fsp3) is 0. The van der Waals surface area contributed by atoms with Gasteiger partial charge >= 0.3 is 0 Å². The first-order chi connectivity index (χ1) is 33.6. The molecule has 14 rings (SSSR count). The second kappa shape index (κ2) is 15.2. The minimum atomic E-state index is 0.592. The van der Waals surface area contributed by atoms with E-state index in [1.54, 1.807) is 0 Å². The Morgan fingerprint density at radius 1 is 0.221 bits per heavy atom. The molecule has 0 amide bonds. The molecule has 5 heteroatoms. The van der Waals surface area contributed by atoms with Crippen LogP contribution in [0.1, 0.15) is 0 Å². The fourth-order valence-electron chi connectivity index (χ4n) is 10.3. The van der Waals surface area contributed by atoms with Gasteiger partial charge < -0.3 is 0 Å². The first-order valence-electron chi connectivity index (χ1n) is 22.9. The van der Waals surface area contributed by atoms with Gasteiger partial charge in [0.25, 0.3) is 0 Å². The molecule has 0 aliphatic carbocycles. The molecule has 314 valence electrons. The van der Waals surface area contributed by atoms with Crippen molar-refractivity contribution in [3.05, 3.63) is 225 Å². The van der Waals surface area contributed by atoms with Gasteiger partial charge in [0.2, 0.25) is 0 Å². The van der Waals surface area contributed by atoms with Crippen molar-refractivity contribution in [3.63, 3.8) is 0 Å². The summed E-state index contributed by atoms with van der Waals surface area (Å²) in [6.07, 6.45) is 3.68. The molecule has 0 atom stereocenters. The van der Waals surface area contributed by atoms with Crippen molar-refractivity contribution in [3.8, 4) is 56.4 Å². The van der Waals surface area contributed by atoms with Gasteiger partial charge in [-0.25, -0.2) is 15.0 Å². The maximum atomic E-state index is 5.42. The van der Waals surface area contributed by atoms with E-state index in [4.69, 9.17) is 15.0 Å². The van der Waals surface area contributed by atoms with Crippen LogP contribution in [0.3, 0.4) is 0 Å². The van der Waals surface area contributed by atoms with Crippen LogP contribution in [-0.2, 0) is 0 Å². The Hall–Kier alpha value is -9.19. The summed E-state index contributed by atoms with van der Waals surface area (Å²) < 4.78 is 0. The molecule has 5 nitrogen and oxygen atoms in total. The SMILES string of the molecule is c1cnc2cc3ccc(-c4nc(-c5cc(-c6cc7ccccc7c7ccccc67)cc(-c6cc7ccccc7c7ccccc67)c5)nc(-c5ccc6cc7ncccc7cc6c5)n4)cc3cc2c1. The minimum absolute atomic E-state index is 0.592. The molecule has 0 bridgehead atoms. The van der Waals surface area contributed by atoms with E-state index in [1.165, 1.54) is 43.1 Å². The number of hydrogen-bond acceptors (Lipinski definition) is 5. The van der Waals surface area contributed by atoms with Gasteiger partial charge in [0.05, 0.1) is 11.0 Å². The third-order valence-electron chi connectivity index (χ3n) is 13.6. The molecular formula is C63H37N5. The lowest BCUT2D eigenvalue weighted by Crippen LogP contribution is -2.01. The first-order valence-corrected chi connectivity index (χ1v) is 22.9. The summed E-state index contributed by atoms with van der Waals surface area (Å²) in [6.45, 7) is 0. The van der Waals surface area contributed by atoms with Gasteiger partial charge in [-0.2, -0.15) is 0 Å². The highest BCUT2D eigenvalue weighted by Gasteiger charge is 2.19. The summed E-state index contributed by atoms with van der Waals surface area (Å²) in [5, 5.41) is 16.2. The van der Waals surface area contributed by atoms with E-state index in [1.807, 2.05) is 24.5 Å². The van der Waals surface area contributed by atoms with Gasteiger partial charge in [0, 0.05) is 39.9 Å². The van der Waals surface area contributed by atoms with E-state index in [0.717, 1.165) is 82.3 Å². The standard InChI is InChI=1S/C63H37N5/c1-3-15-51-40(11-1)34-57(55-19-7-5-17-53(51)55)48-31-49(58-35-41-12-2-4-16-52(41)54-18-6-8-20-56(54)58)33-50(32-48)63-67-61(44-23-21-38-36-59-42(13-9-25-64-59)27-46(38)29-44)66-62(68-63)45-24-22-39-37-60-43(14-10-26-65-60)28-47(39)30-45/h1-37H. The highest BCUT2D eigenvalue weighted by molar-refractivity contribution is 6.16. The third-order valence-corrected chi connectivity index (χ3v) is 13.6. The Morgan fingerprint density at radius 3 is 1.10 bits per heavy atom. The van der Waals surface area contributed by atoms with Crippen LogP contribution < -0.4 is 0 Å². The number of pyridine rings is 2. The van der Waals surface area contributed by atoms with E-state index in [-0.39, 0.29) is 0 Å². The van der Waals surface area contributed by atoms with Crippen molar-refractivity contribution >= 4 is 86.4 Å². The Labute approximate surface area is 390 Å². The Balaban J connectivity index is 1.05. The predicted molar refractivity (Wildman–Crippen MR) is 283 cm³/mol. The van der Waals surface area contributed by atoms with Crippen molar-refractivity contribution in [2.24, 2.45) is 0 Å². The van der Waals surface area contributed by atoms with E-state index in [9.17, 15) is 0 Å². The van der Waals surface area contributed by atoms with E-state index < -0.39 is 0 Å². The molecule has 0 spiro atoms. The fourth-order valence-corrected chi connectivity index (χ4v) is 10.3. The van der Waals surface area contributed by atoms with E-state index in [2.05, 4.69) is 210 Å². The van der Waals surface area contributed by atoms with Crippen LogP contribution in [0.4, 0.5) is 0 Å². The van der Waals surface area contributed by atoms with Crippen molar-refractivity contribution in [2.45, 2.75) is 0 Å². The lowest BCUT2D eigenvalue weighted by atomic mass is 9.88. The number of rotatable bonds is 5. The van der Waals surface area contributed by atoms with Crippen LogP contribution in [0.2, 0.25) is 0 Å². The zero-order valence-corrected chi connectivity index (χ0v) is 36.6. The van der Waals surface area contributed by atoms with Crippen molar-refractivity contribution in [1.82, 2.24) is 24.9 Å². The monoisotopic (exact) mass is 863 g/mol. The summed E-state index contributed by atoms with van der Waals surface area (Å²) in [7, 11) is 0. The lowest BCUT2D eigenvalue weighted by Gasteiger charge is -2.17. The number of aromatic nitrogens is 5. The summed E-state index contributed by atoms with van der Waals surface area (Å²) in [4.78, 5) is 25.4. The van der Waals surface area contributed by atoms with E-state index in [0.29, 0.717) is 17.5 Å². The minimum Gasteiger partial charge on any atom is -0.256 e. The van der Waals surface area contributed by atoms with Crippen LogP contribution in [0.5, 0.6) is 0 Å². The second-order valence-corrected chi connectivity index (χ2v) is 17.7. The molecular weight excluding hydrogens is 827 g/mol. The van der Waals surface area contributed by atoms with Gasteiger partial charge in [-0.05, 0) is 166 Å². The molecule has 0 radical (unpaired) electrons. The highest BCUT2D eigenvalue weighted by Crippen LogP contribution is 2.42. The molecule has 0 saturated carbocycles. The quantitative estimate of drug-likeness (QED) is 0.127. The summed E-state index contributed by atoms with van der Waals surface area (Å²) >= 11 is 0. The molecule has 0 aliphatic rings. The van der Waals surface area contributed by atoms with Gasteiger partial charge in [0.15, 0.2) is 17.5 Å². The molecule has 68 heavy (non-hydrogen) atoms. The second-order valence-electron chi connectivity index (χ2n) is 17.7. The van der Waals surface area contributed by atoms with Crippen molar-refractivity contribution in [1.29, 1.82) is 0 Å². The lowest BCUT2D eigenvalue weighted by molar-refractivity contribution is 1.08. The van der Waals surface area contributed by atoms with Crippen molar-refractivity contribution < 1.29 is 0 Å². The Kier molecular flexibility index (Phi) is 8.52. The molecule has 11 aromatic carbocycles. The maximum absolute atomic E-state index is 5.42. The molecule has 0 saturated heterocycles. The van der Waals surface area contributed by atoms with Crippen LogP contribution in [0.25, 0.3) is 143 Å². The van der Waals surface area contributed by atoms with Crippen LogP contribution in [0.15, 0.2) is 225 Å². The summed E-state index contributed by atoms with van der Waals surface area (Å²) in [5.41, 5.74) is 9.09. The Morgan fingerprint density at radius 2 is 0.618 bits per heavy atom. The zero-order chi connectivity index (χ0) is 44.7. The molecule has 0 N–H and O–H groups in total. The average Bonchev–Trinajstić information content (AvgIpc) is 3.40. The van der Waals surface area contributed by atoms with Gasteiger partial charge in [-0.3, -0.25) is 9.97 Å². The van der Waals surface area contributed by atoms with Gasteiger partial charge in [0.1, 0.15) is 0 Å². The number of fused-ring (bicyclic) bond motifs is 10. The molecule has 0 fully saturated rings. The van der Waals surface area contributed by atoms with Gasteiger partial charge in [-0.15, -0.1) is 0 Å². The smallest absolute Gasteiger partial charge is 0.164 e. The molecule has 0 unspecified atom stereocenters. The molecule has 14 aromatic rings. The first kappa shape index (κ1) is 38.1. The predicted octanol–water partition coefficient (Wildman–Crippen LogP) is 16.2. The topological polar surface area (TPSA) is 64.5 Å². The van der Waals surface area contributed by atoms with Crippen LogP contribution in [0, 0.1) is 0 Å². The molecule has 3 heterocycles. The highest BCUT2D eigenvalue weighted by atomic mass is 15.0. The zero-order valence-electron chi connectivity index (χ0n) is 36.6. The largest absolute Gasteiger partial charge is 0.256 e. The summed E-state index contributed by atoms with van der Waals surface area (Å²) in [6, 6.07) is 76.2. The van der Waals surface area contributed by atoms with Crippen LogP contribution in [-0.4, -0.2) is 24.9 Å². The number of benzene rings is 11. The van der Waals surface area contributed by atoms with Crippen molar-refractivity contribution in [2.75, 3.05) is 0 Å². The normalized spacial score (nSPS) is 11.8. The molecule has 3 aromatic heterocycles. The Bertz CT molecular complexity index is 4130. The number of hydrogen-bond donors (Lipinski definition) is 0. The van der Waals surface area contributed by atoms with Gasteiger partial charge in [-0.1, -0.05) is 133 Å². The van der Waals surface area contributed by atoms with E-state index >= 15 is 0 Å². The summed E-state index contributed by atoms with van der Waals surface area (Å²) in [5.74, 6) is 1.79.